The summed E-state index contributed by atoms with van der Waals surface area (Å²) in [5, 5.41) is 10.8. The van der Waals surface area contributed by atoms with Gasteiger partial charge in [-0.05, 0) is 72.2 Å². The van der Waals surface area contributed by atoms with Gasteiger partial charge < -0.3 is 9.47 Å². The number of ether oxygens (including phenoxy) is 2. The van der Waals surface area contributed by atoms with Gasteiger partial charge in [0.15, 0.2) is 0 Å². The maximum atomic E-state index is 13.4. The van der Waals surface area contributed by atoms with Gasteiger partial charge in [-0.2, -0.15) is 0 Å². The van der Waals surface area contributed by atoms with E-state index in [1.807, 2.05) is 12.1 Å². The Morgan fingerprint density at radius 1 is 0.638 bits per heavy atom. The fourth-order valence-electron chi connectivity index (χ4n) is 5.29. The van der Waals surface area contributed by atoms with E-state index in [1.165, 1.54) is 61.6 Å². The van der Waals surface area contributed by atoms with Crippen LogP contribution in [-0.4, -0.2) is 16.9 Å². The van der Waals surface area contributed by atoms with Gasteiger partial charge >= 0.3 is 11.9 Å². The number of rotatable bonds is 16. The van der Waals surface area contributed by atoms with E-state index in [0.717, 1.165) is 61.3 Å². The molecule has 0 unspecified atom stereocenters. The van der Waals surface area contributed by atoms with Crippen LogP contribution in [0.15, 0.2) is 78.9 Å². The van der Waals surface area contributed by atoms with Crippen molar-refractivity contribution in [2.45, 2.75) is 78.1 Å². The van der Waals surface area contributed by atoms with Crippen molar-refractivity contribution in [2.75, 3.05) is 0 Å². The number of benzene rings is 4. The molecule has 246 valence electrons. The lowest BCUT2D eigenvalue weighted by Gasteiger charge is -2.13. The summed E-state index contributed by atoms with van der Waals surface area (Å²) in [6.07, 6.45) is 11.0. The monoisotopic (exact) mass is 675 g/mol. The molecule has 0 heterocycles. The Hall–Kier alpha value is -4.20. The van der Waals surface area contributed by atoms with Crippen molar-refractivity contribution >= 4 is 40.8 Å². The highest BCUT2D eigenvalue weighted by Gasteiger charge is 2.20. The van der Waals surface area contributed by atoms with Crippen molar-refractivity contribution in [2.24, 2.45) is 0 Å². The van der Waals surface area contributed by atoms with Crippen LogP contribution in [0.25, 0.3) is 11.1 Å². The van der Waals surface area contributed by atoms with Crippen LogP contribution in [0.3, 0.4) is 0 Å². The quantitative estimate of drug-likeness (QED) is 0.0385. The molecular weight excluding hydrogens is 637 g/mol. The molecule has 4 aromatic rings. The molecule has 9 heteroatoms. The van der Waals surface area contributed by atoms with E-state index in [2.05, 4.69) is 44.2 Å². The van der Waals surface area contributed by atoms with Crippen molar-refractivity contribution in [3.63, 3.8) is 0 Å². The number of carbonyl (C=O) groups is 2. The predicted molar refractivity (Wildman–Crippen MR) is 187 cm³/mol. The lowest BCUT2D eigenvalue weighted by molar-refractivity contribution is -0.384. The highest BCUT2D eigenvalue weighted by molar-refractivity contribution is 6.34. The molecular formula is C38H39Cl2NO6. The fraction of sp³-hybridized carbons (Fsp3) is 0.316. The smallest absolute Gasteiger partial charge is 0.345 e. The largest absolute Gasteiger partial charge is 0.423 e. The van der Waals surface area contributed by atoms with Crippen molar-refractivity contribution in [1.29, 1.82) is 0 Å². The van der Waals surface area contributed by atoms with Gasteiger partial charge in [-0.3, -0.25) is 10.1 Å². The van der Waals surface area contributed by atoms with Gasteiger partial charge in [-0.1, -0.05) is 112 Å². The van der Waals surface area contributed by atoms with E-state index in [1.54, 1.807) is 0 Å². The average molecular weight is 677 g/mol. The van der Waals surface area contributed by atoms with Crippen LogP contribution >= 0.6 is 23.2 Å². The summed E-state index contributed by atoms with van der Waals surface area (Å²) < 4.78 is 11.0. The normalized spacial score (nSPS) is 10.9. The lowest BCUT2D eigenvalue weighted by atomic mass is 9.94. The zero-order chi connectivity index (χ0) is 33.8. The minimum Gasteiger partial charge on any atom is -0.423 e. The van der Waals surface area contributed by atoms with Gasteiger partial charge in [0, 0.05) is 18.2 Å². The van der Waals surface area contributed by atoms with Crippen molar-refractivity contribution in [3.05, 3.63) is 121 Å². The summed E-state index contributed by atoms with van der Waals surface area (Å²) in [6.45, 7) is 4.38. The Labute approximate surface area is 286 Å². The first-order valence-corrected chi connectivity index (χ1v) is 16.9. The first kappa shape index (κ1) is 35.7. The first-order chi connectivity index (χ1) is 22.7. The number of unbranched alkanes of at least 4 members (excludes halogenated alkanes) is 6. The SMILES string of the molecule is CCCCCCc1ccc(-c2ccc(C(=O)Oc3ccc(C(=O)Oc4ccc([N+](=O)[O-])c(Cl)c4)c(Cl)c3)c(CCCCCC)c2)cc1. The molecule has 0 aliphatic rings. The molecule has 0 aromatic heterocycles. The van der Waals surface area contributed by atoms with E-state index in [-0.39, 0.29) is 32.8 Å². The standard InChI is InChI=1S/C38H39Cl2NO6/c1-3-5-7-9-11-26-13-15-27(16-14-26)28-17-20-32(29(23-28)12-10-8-6-4-2)37(42)46-30-18-21-33(34(39)24-30)38(43)47-31-19-22-36(41(44)45)35(40)25-31/h13-25H,3-12H2,1-2H3. The van der Waals surface area contributed by atoms with Crippen LogP contribution in [0.2, 0.25) is 10.0 Å². The molecule has 0 aliphatic carbocycles. The zero-order valence-corrected chi connectivity index (χ0v) is 28.2. The summed E-state index contributed by atoms with van der Waals surface area (Å²) in [5.41, 5.74) is 4.59. The molecule has 0 radical (unpaired) electrons. The maximum Gasteiger partial charge on any atom is 0.345 e. The fourth-order valence-corrected chi connectivity index (χ4v) is 5.78. The second-order valence-corrected chi connectivity index (χ2v) is 12.3. The van der Waals surface area contributed by atoms with E-state index in [0.29, 0.717) is 5.56 Å². The third kappa shape index (κ3) is 10.1. The number of hydrogen-bond acceptors (Lipinski definition) is 6. The molecule has 0 saturated heterocycles. The number of nitro groups is 1. The minimum absolute atomic E-state index is 0.0113. The minimum atomic E-state index is -0.799. The van der Waals surface area contributed by atoms with E-state index in [4.69, 9.17) is 32.7 Å². The van der Waals surface area contributed by atoms with Crippen LogP contribution in [0.1, 0.15) is 97.1 Å². The summed E-state index contributed by atoms with van der Waals surface area (Å²) in [7, 11) is 0. The number of nitrogens with zero attached hydrogens (tertiary/aromatic N) is 1. The van der Waals surface area contributed by atoms with Gasteiger partial charge in [0.1, 0.15) is 16.5 Å². The van der Waals surface area contributed by atoms with Crippen molar-refractivity contribution < 1.29 is 24.0 Å². The van der Waals surface area contributed by atoms with Gasteiger partial charge in [0.25, 0.3) is 5.69 Å². The molecule has 4 rings (SSSR count). The highest BCUT2D eigenvalue weighted by Crippen LogP contribution is 2.31. The molecule has 4 aromatic carbocycles. The second-order valence-electron chi connectivity index (χ2n) is 11.5. The molecule has 7 nitrogen and oxygen atoms in total. The summed E-state index contributed by atoms with van der Waals surface area (Å²) in [4.78, 5) is 36.5. The molecule has 0 atom stereocenters. The van der Waals surface area contributed by atoms with Crippen molar-refractivity contribution in [3.8, 4) is 22.6 Å². The van der Waals surface area contributed by atoms with Crippen LogP contribution in [-0.2, 0) is 12.8 Å². The Kier molecular flexibility index (Phi) is 13.4. The number of esters is 2. The van der Waals surface area contributed by atoms with Gasteiger partial charge in [-0.15, -0.1) is 0 Å². The van der Waals surface area contributed by atoms with E-state index in [9.17, 15) is 19.7 Å². The van der Waals surface area contributed by atoms with Gasteiger partial charge in [0.05, 0.1) is 21.1 Å². The van der Waals surface area contributed by atoms with E-state index < -0.39 is 16.9 Å². The Bertz CT molecular complexity index is 1700. The highest BCUT2D eigenvalue weighted by atomic mass is 35.5. The molecule has 47 heavy (non-hydrogen) atoms. The molecule has 0 N–H and O–H groups in total. The Balaban J connectivity index is 1.48. The number of aryl methyl sites for hydroxylation is 2. The molecule has 0 saturated carbocycles. The predicted octanol–water partition coefficient (Wildman–Crippen LogP) is 11.3. The average Bonchev–Trinajstić information content (AvgIpc) is 3.05. The third-order valence-electron chi connectivity index (χ3n) is 7.93. The number of hydrogen-bond donors (Lipinski definition) is 0. The van der Waals surface area contributed by atoms with Gasteiger partial charge in [-0.25, -0.2) is 9.59 Å². The number of carbonyl (C=O) groups excluding carboxylic acids is 2. The van der Waals surface area contributed by atoms with Crippen LogP contribution < -0.4 is 9.47 Å². The summed E-state index contributed by atoms with van der Waals surface area (Å²) in [6, 6.07) is 22.3. The topological polar surface area (TPSA) is 95.7 Å². The van der Waals surface area contributed by atoms with Crippen LogP contribution in [0.5, 0.6) is 11.5 Å². The van der Waals surface area contributed by atoms with Crippen LogP contribution in [0, 0.1) is 10.1 Å². The Morgan fingerprint density at radius 2 is 1.19 bits per heavy atom. The second kappa shape index (κ2) is 17.6. The third-order valence-corrected chi connectivity index (χ3v) is 8.54. The molecule has 0 aliphatic heterocycles. The molecule has 0 spiro atoms. The number of halogens is 2. The van der Waals surface area contributed by atoms with E-state index >= 15 is 0 Å². The molecule has 0 fully saturated rings. The lowest BCUT2D eigenvalue weighted by Crippen LogP contribution is -2.13. The number of nitro benzene ring substituents is 1. The van der Waals surface area contributed by atoms with Crippen molar-refractivity contribution in [1.82, 2.24) is 0 Å². The first-order valence-electron chi connectivity index (χ1n) is 16.1. The summed E-state index contributed by atoms with van der Waals surface area (Å²) in [5.74, 6) is -1.13. The summed E-state index contributed by atoms with van der Waals surface area (Å²) >= 11 is 12.3. The Morgan fingerprint density at radius 3 is 1.79 bits per heavy atom. The van der Waals surface area contributed by atoms with Crippen LogP contribution in [0.4, 0.5) is 5.69 Å². The maximum absolute atomic E-state index is 13.4. The van der Waals surface area contributed by atoms with Gasteiger partial charge in [0.2, 0.25) is 0 Å². The molecule has 0 bridgehead atoms. The zero-order valence-electron chi connectivity index (χ0n) is 26.7. The molecule has 0 amide bonds.